The molecule has 9 heteroatoms. The molecule has 3 aromatic rings. The topological polar surface area (TPSA) is 104 Å². The summed E-state index contributed by atoms with van der Waals surface area (Å²) in [7, 11) is 0. The van der Waals surface area contributed by atoms with Gasteiger partial charge in [-0.2, -0.15) is 4.99 Å². The van der Waals surface area contributed by atoms with Gasteiger partial charge in [-0.15, -0.1) is 0 Å². The number of fused-ring (bicyclic) bond motifs is 1. The van der Waals surface area contributed by atoms with E-state index in [9.17, 15) is 19.7 Å². The molecule has 0 fully saturated rings. The minimum absolute atomic E-state index is 0.0654. The van der Waals surface area contributed by atoms with Gasteiger partial charge in [0.25, 0.3) is 11.6 Å². The summed E-state index contributed by atoms with van der Waals surface area (Å²) in [6, 6.07) is 9.22. The molecule has 0 bridgehead atoms. The number of nitro benzene ring substituents is 1. The van der Waals surface area contributed by atoms with Crippen molar-refractivity contribution in [1.82, 2.24) is 4.57 Å². The number of rotatable bonds is 5. The molecule has 0 N–H and O–H groups in total. The lowest BCUT2D eigenvalue weighted by molar-refractivity contribution is -0.384. The number of nitrogens with zero attached hydrogens (tertiary/aromatic N) is 3. The number of ether oxygens (including phenoxy) is 1. The van der Waals surface area contributed by atoms with Crippen molar-refractivity contribution in [2.45, 2.75) is 27.3 Å². The highest BCUT2D eigenvalue weighted by molar-refractivity contribution is 7.16. The summed E-state index contributed by atoms with van der Waals surface area (Å²) in [5, 5.41) is 10.8. The SMILES string of the molecule is CCOC(=O)Cn1c(=NC(=O)c2ccc([N+](=O)[O-])cc2)sc2cc(C)cc(C)c21. The van der Waals surface area contributed by atoms with Crippen LogP contribution in [0.5, 0.6) is 0 Å². The zero-order valence-electron chi connectivity index (χ0n) is 16.2. The summed E-state index contributed by atoms with van der Waals surface area (Å²) < 4.78 is 7.64. The van der Waals surface area contributed by atoms with Gasteiger partial charge in [-0.05, 0) is 50.1 Å². The Hall–Kier alpha value is -3.33. The normalized spacial score (nSPS) is 11.6. The highest BCUT2D eigenvalue weighted by Crippen LogP contribution is 2.23. The molecule has 8 nitrogen and oxygen atoms in total. The predicted molar refractivity (Wildman–Crippen MR) is 109 cm³/mol. The van der Waals surface area contributed by atoms with Crippen molar-refractivity contribution in [3.05, 3.63) is 68.0 Å². The highest BCUT2D eigenvalue weighted by Gasteiger charge is 2.15. The molecule has 0 aliphatic carbocycles. The zero-order valence-corrected chi connectivity index (χ0v) is 17.0. The second kappa shape index (κ2) is 8.36. The van der Waals surface area contributed by atoms with Crippen molar-refractivity contribution < 1.29 is 19.2 Å². The molecule has 0 aliphatic heterocycles. The van der Waals surface area contributed by atoms with Gasteiger partial charge in [0.2, 0.25) is 0 Å². The lowest BCUT2D eigenvalue weighted by atomic mass is 10.1. The van der Waals surface area contributed by atoms with Crippen LogP contribution < -0.4 is 4.80 Å². The molecule has 29 heavy (non-hydrogen) atoms. The molecule has 0 atom stereocenters. The molecule has 1 amide bonds. The number of carbonyl (C=O) groups is 2. The Morgan fingerprint density at radius 2 is 1.90 bits per heavy atom. The van der Waals surface area contributed by atoms with E-state index in [1.165, 1.54) is 35.6 Å². The number of esters is 1. The van der Waals surface area contributed by atoms with Crippen LogP contribution in [-0.2, 0) is 16.1 Å². The van der Waals surface area contributed by atoms with Gasteiger partial charge in [0.05, 0.1) is 21.7 Å². The first kappa shape index (κ1) is 20.4. The summed E-state index contributed by atoms with van der Waals surface area (Å²) in [6.45, 7) is 5.83. The number of nitro groups is 1. The maximum atomic E-state index is 12.6. The molecule has 0 saturated carbocycles. The summed E-state index contributed by atoms with van der Waals surface area (Å²) in [6.07, 6.45) is 0. The predicted octanol–water partition coefficient (Wildman–Crippen LogP) is 3.53. The molecular weight excluding hydrogens is 394 g/mol. The van der Waals surface area contributed by atoms with Crippen LogP contribution in [0.15, 0.2) is 41.4 Å². The smallest absolute Gasteiger partial charge is 0.326 e. The first-order chi connectivity index (χ1) is 13.8. The van der Waals surface area contributed by atoms with Crippen LogP contribution >= 0.6 is 11.3 Å². The number of carbonyl (C=O) groups excluding carboxylic acids is 2. The molecular formula is C20H19N3O5S. The maximum Gasteiger partial charge on any atom is 0.326 e. The van der Waals surface area contributed by atoms with E-state index >= 15 is 0 Å². The molecule has 2 aromatic carbocycles. The average Bonchev–Trinajstić information content (AvgIpc) is 2.98. The molecule has 0 saturated heterocycles. The van der Waals surface area contributed by atoms with Crippen LogP contribution in [0.2, 0.25) is 0 Å². The van der Waals surface area contributed by atoms with Gasteiger partial charge in [-0.3, -0.25) is 19.7 Å². The van der Waals surface area contributed by atoms with E-state index in [2.05, 4.69) is 4.99 Å². The van der Waals surface area contributed by atoms with Crippen molar-refractivity contribution in [3.8, 4) is 0 Å². The molecule has 0 unspecified atom stereocenters. The lowest BCUT2D eigenvalue weighted by Crippen LogP contribution is -2.23. The van der Waals surface area contributed by atoms with Crippen LogP contribution in [0.1, 0.15) is 28.4 Å². The van der Waals surface area contributed by atoms with Gasteiger partial charge in [0, 0.05) is 17.7 Å². The zero-order chi connectivity index (χ0) is 21.1. The van der Waals surface area contributed by atoms with Crippen LogP contribution in [0.3, 0.4) is 0 Å². The number of aryl methyl sites for hydroxylation is 2. The van der Waals surface area contributed by atoms with Crippen molar-refractivity contribution in [2.24, 2.45) is 4.99 Å². The first-order valence-corrected chi connectivity index (χ1v) is 9.71. The highest BCUT2D eigenvalue weighted by atomic mass is 32.1. The Bertz CT molecular complexity index is 1180. The van der Waals surface area contributed by atoms with E-state index in [0.717, 1.165) is 21.3 Å². The third-order valence-corrected chi connectivity index (χ3v) is 5.25. The lowest BCUT2D eigenvalue weighted by Gasteiger charge is -2.07. The maximum absolute atomic E-state index is 12.6. The largest absolute Gasteiger partial charge is 0.465 e. The fraction of sp³-hybridized carbons (Fsp3) is 0.250. The van der Waals surface area contributed by atoms with Crippen molar-refractivity contribution in [2.75, 3.05) is 6.61 Å². The summed E-state index contributed by atoms with van der Waals surface area (Å²) in [5.41, 5.74) is 2.97. The van der Waals surface area contributed by atoms with Crippen LogP contribution in [0.25, 0.3) is 10.2 Å². The van der Waals surface area contributed by atoms with Gasteiger partial charge < -0.3 is 9.30 Å². The number of non-ortho nitro benzene ring substituents is 1. The standard InChI is InChI=1S/C20H19N3O5S/c1-4-28-17(24)11-22-18-13(3)9-12(2)10-16(18)29-20(22)21-19(25)14-5-7-15(8-6-14)23(26)27/h5-10H,4,11H2,1-3H3. The number of hydrogen-bond acceptors (Lipinski definition) is 6. The van der Waals surface area contributed by atoms with Crippen LogP contribution in [-0.4, -0.2) is 28.0 Å². The second-order valence-corrected chi connectivity index (χ2v) is 7.43. The second-order valence-electron chi connectivity index (χ2n) is 6.43. The van der Waals surface area contributed by atoms with Gasteiger partial charge in [0.15, 0.2) is 4.80 Å². The summed E-state index contributed by atoms with van der Waals surface area (Å²) in [5.74, 6) is -0.963. The van der Waals surface area contributed by atoms with Gasteiger partial charge in [0.1, 0.15) is 6.54 Å². The summed E-state index contributed by atoms with van der Waals surface area (Å²) >= 11 is 1.30. The number of benzene rings is 2. The number of hydrogen-bond donors (Lipinski definition) is 0. The summed E-state index contributed by atoms with van der Waals surface area (Å²) in [4.78, 5) is 39.5. The van der Waals surface area contributed by atoms with Crippen molar-refractivity contribution >= 4 is 39.1 Å². The average molecular weight is 413 g/mol. The Labute approximate surface area is 170 Å². The van der Waals surface area contributed by atoms with E-state index in [1.807, 2.05) is 26.0 Å². The quantitative estimate of drug-likeness (QED) is 0.362. The number of thiazole rings is 1. The fourth-order valence-corrected chi connectivity index (χ4v) is 4.24. The molecule has 1 aromatic heterocycles. The Morgan fingerprint density at radius 1 is 1.21 bits per heavy atom. The third-order valence-electron chi connectivity index (χ3n) is 4.23. The van der Waals surface area contributed by atoms with Gasteiger partial charge >= 0.3 is 5.97 Å². The van der Waals surface area contributed by atoms with E-state index in [1.54, 1.807) is 11.5 Å². The van der Waals surface area contributed by atoms with E-state index in [0.29, 0.717) is 4.80 Å². The molecule has 1 heterocycles. The molecule has 0 spiro atoms. The van der Waals surface area contributed by atoms with E-state index in [-0.39, 0.29) is 24.4 Å². The monoisotopic (exact) mass is 413 g/mol. The molecule has 0 aliphatic rings. The number of amides is 1. The Kier molecular flexibility index (Phi) is 5.88. The van der Waals surface area contributed by atoms with Gasteiger partial charge in [-0.1, -0.05) is 17.4 Å². The molecule has 0 radical (unpaired) electrons. The van der Waals surface area contributed by atoms with Crippen LogP contribution in [0, 0.1) is 24.0 Å². The van der Waals surface area contributed by atoms with Gasteiger partial charge in [-0.25, -0.2) is 0 Å². The minimum Gasteiger partial charge on any atom is -0.465 e. The first-order valence-electron chi connectivity index (χ1n) is 8.90. The third kappa shape index (κ3) is 4.40. The van der Waals surface area contributed by atoms with Crippen molar-refractivity contribution in [3.63, 3.8) is 0 Å². The van der Waals surface area contributed by atoms with E-state index < -0.39 is 16.8 Å². The fourth-order valence-electron chi connectivity index (χ4n) is 3.04. The molecule has 150 valence electrons. The van der Waals surface area contributed by atoms with Crippen LogP contribution in [0.4, 0.5) is 5.69 Å². The van der Waals surface area contributed by atoms with E-state index in [4.69, 9.17) is 4.74 Å². The Morgan fingerprint density at radius 3 is 2.52 bits per heavy atom. The molecule has 3 rings (SSSR count). The number of aromatic nitrogens is 1. The van der Waals surface area contributed by atoms with Crippen molar-refractivity contribution in [1.29, 1.82) is 0 Å². The Balaban J connectivity index is 2.11. The minimum atomic E-state index is -0.543.